The van der Waals surface area contributed by atoms with Gasteiger partial charge < -0.3 is 14.4 Å². The molecule has 4 heterocycles. The van der Waals surface area contributed by atoms with Crippen molar-refractivity contribution >= 4 is 17.2 Å². The summed E-state index contributed by atoms with van der Waals surface area (Å²) in [7, 11) is 0. The van der Waals surface area contributed by atoms with Crippen LogP contribution in [0.4, 0.5) is 0 Å². The SMILES string of the molecule is CC(C)N(C[C@@H]1CCCN2CCCC[C@H]12)C(=O)C[C@H](c1ccsc1)n1cccc1. The van der Waals surface area contributed by atoms with E-state index >= 15 is 0 Å². The molecule has 0 unspecified atom stereocenters. The fourth-order valence-electron chi connectivity index (χ4n) is 5.34. The number of carbonyl (C=O) groups is 1. The zero-order valence-electron chi connectivity index (χ0n) is 17.9. The summed E-state index contributed by atoms with van der Waals surface area (Å²) in [5.74, 6) is 0.916. The summed E-state index contributed by atoms with van der Waals surface area (Å²) in [5, 5.41) is 4.29. The van der Waals surface area contributed by atoms with Gasteiger partial charge in [0.05, 0.1) is 12.5 Å². The molecule has 3 atom stereocenters. The maximum atomic E-state index is 13.5. The van der Waals surface area contributed by atoms with Gasteiger partial charge in [-0.05, 0) is 93.1 Å². The van der Waals surface area contributed by atoms with Crippen LogP contribution in [0, 0.1) is 5.92 Å². The van der Waals surface area contributed by atoms with E-state index in [-0.39, 0.29) is 18.0 Å². The Balaban J connectivity index is 1.48. The molecule has 4 rings (SSSR count). The predicted octanol–water partition coefficient (Wildman–Crippen LogP) is 5.03. The molecule has 2 aromatic rings. The maximum absolute atomic E-state index is 13.5. The minimum atomic E-state index is 0.0857. The summed E-state index contributed by atoms with van der Waals surface area (Å²) in [6.07, 6.45) is 11.2. The van der Waals surface area contributed by atoms with Gasteiger partial charge in [-0.15, -0.1) is 0 Å². The van der Waals surface area contributed by atoms with Crippen molar-refractivity contribution in [1.29, 1.82) is 0 Å². The van der Waals surface area contributed by atoms with Crippen molar-refractivity contribution < 1.29 is 4.79 Å². The molecule has 2 fully saturated rings. The van der Waals surface area contributed by atoms with Gasteiger partial charge in [0.2, 0.25) is 5.91 Å². The lowest BCUT2D eigenvalue weighted by Crippen LogP contribution is -2.52. The molecule has 0 aliphatic carbocycles. The molecule has 1 amide bonds. The quantitative estimate of drug-likeness (QED) is 0.637. The lowest BCUT2D eigenvalue weighted by atomic mass is 9.83. The fourth-order valence-corrected chi connectivity index (χ4v) is 6.05. The second-order valence-electron chi connectivity index (χ2n) is 9.05. The fraction of sp³-hybridized carbons (Fsp3) is 0.625. The van der Waals surface area contributed by atoms with Crippen LogP contribution in [0.2, 0.25) is 0 Å². The van der Waals surface area contributed by atoms with Crippen LogP contribution in [-0.4, -0.2) is 52.0 Å². The normalized spacial score (nSPS) is 23.7. The lowest BCUT2D eigenvalue weighted by molar-refractivity contribution is -0.135. The van der Waals surface area contributed by atoms with Crippen LogP contribution < -0.4 is 0 Å². The molecule has 4 nitrogen and oxygen atoms in total. The van der Waals surface area contributed by atoms with Crippen LogP contribution >= 0.6 is 11.3 Å². The summed E-state index contributed by atoms with van der Waals surface area (Å²) in [4.78, 5) is 18.4. The van der Waals surface area contributed by atoms with Gasteiger partial charge in [0.1, 0.15) is 0 Å². The molecular formula is C24H35N3OS. The van der Waals surface area contributed by atoms with Gasteiger partial charge in [-0.25, -0.2) is 0 Å². The number of piperidine rings is 2. The highest BCUT2D eigenvalue weighted by molar-refractivity contribution is 7.08. The largest absolute Gasteiger partial charge is 0.346 e. The molecule has 2 aromatic heterocycles. The molecule has 29 heavy (non-hydrogen) atoms. The number of rotatable bonds is 7. The van der Waals surface area contributed by atoms with Gasteiger partial charge in [0.15, 0.2) is 0 Å². The van der Waals surface area contributed by atoms with Crippen LogP contribution in [-0.2, 0) is 4.79 Å². The summed E-state index contributed by atoms with van der Waals surface area (Å²) in [5.41, 5.74) is 1.24. The summed E-state index contributed by atoms with van der Waals surface area (Å²) in [6.45, 7) is 7.78. The first-order chi connectivity index (χ1) is 14.1. The van der Waals surface area contributed by atoms with Crippen LogP contribution in [0.3, 0.4) is 0 Å². The number of fused-ring (bicyclic) bond motifs is 1. The van der Waals surface area contributed by atoms with Gasteiger partial charge in [0, 0.05) is 31.0 Å². The van der Waals surface area contributed by atoms with Gasteiger partial charge in [-0.1, -0.05) is 6.42 Å². The first-order valence-electron chi connectivity index (χ1n) is 11.3. The first kappa shape index (κ1) is 20.7. The van der Waals surface area contributed by atoms with Crippen molar-refractivity contribution in [2.24, 2.45) is 5.92 Å². The highest BCUT2D eigenvalue weighted by Crippen LogP contribution is 2.32. The monoisotopic (exact) mass is 413 g/mol. The van der Waals surface area contributed by atoms with E-state index in [0.29, 0.717) is 18.4 Å². The van der Waals surface area contributed by atoms with E-state index < -0.39 is 0 Å². The number of hydrogen-bond donors (Lipinski definition) is 0. The average Bonchev–Trinajstić information content (AvgIpc) is 3.44. The lowest BCUT2D eigenvalue weighted by Gasteiger charge is -2.46. The van der Waals surface area contributed by atoms with Crippen molar-refractivity contribution in [3.8, 4) is 0 Å². The molecular weight excluding hydrogens is 378 g/mol. The number of nitrogens with zero attached hydrogens (tertiary/aromatic N) is 3. The first-order valence-corrected chi connectivity index (χ1v) is 12.3. The molecule has 2 saturated heterocycles. The highest BCUT2D eigenvalue weighted by atomic mass is 32.1. The van der Waals surface area contributed by atoms with Crippen LogP contribution in [0.25, 0.3) is 0 Å². The molecule has 2 aliphatic heterocycles. The Morgan fingerprint density at radius 1 is 1.17 bits per heavy atom. The average molecular weight is 414 g/mol. The maximum Gasteiger partial charge on any atom is 0.225 e. The number of hydrogen-bond acceptors (Lipinski definition) is 3. The van der Waals surface area contributed by atoms with E-state index in [4.69, 9.17) is 0 Å². The Bertz CT molecular complexity index is 719. The van der Waals surface area contributed by atoms with Crippen LogP contribution in [0.1, 0.15) is 64.0 Å². The summed E-state index contributed by atoms with van der Waals surface area (Å²) in [6, 6.07) is 7.26. The zero-order chi connectivity index (χ0) is 20.2. The van der Waals surface area contributed by atoms with E-state index in [1.807, 2.05) is 12.1 Å². The third kappa shape index (κ3) is 4.77. The number of amides is 1. The molecule has 5 heteroatoms. The Hall–Kier alpha value is -1.59. The van der Waals surface area contributed by atoms with Crippen LogP contribution in [0.15, 0.2) is 41.4 Å². The van der Waals surface area contributed by atoms with E-state index in [2.05, 4.69) is 57.4 Å². The number of thiophene rings is 1. The van der Waals surface area contributed by atoms with E-state index in [1.165, 1.54) is 50.8 Å². The Morgan fingerprint density at radius 3 is 2.69 bits per heavy atom. The molecule has 2 aliphatic rings. The topological polar surface area (TPSA) is 28.5 Å². The Labute approximate surface area is 179 Å². The van der Waals surface area contributed by atoms with E-state index in [1.54, 1.807) is 11.3 Å². The second kappa shape index (κ2) is 9.48. The van der Waals surface area contributed by atoms with Crippen molar-refractivity contribution in [1.82, 2.24) is 14.4 Å². The van der Waals surface area contributed by atoms with Crippen molar-refractivity contribution in [3.05, 3.63) is 46.9 Å². The minimum Gasteiger partial charge on any atom is -0.346 e. The van der Waals surface area contributed by atoms with Gasteiger partial charge in [0.25, 0.3) is 0 Å². The summed E-state index contributed by atoms with van der Waals surface area (Å²) < 4.78 is 2.18. The smallest absolute Gasteiger partial charge is 0.225 e. The molecule has 0 radical (unpaired) electrons. The standard InChI is InChI=1S/C24H35N3OS/c1-19(2)27(17-20-8-7-14-25-11-4-3-9-22(20)25)24(28)16-23(21-10-15-29-18-21)26-12-5-6-13-26/h5-6,10,12-13,15,18-20,22-23H,3-4,7-9,11,14,16-17H2,1-2H3/t20-,22+,23+/m0/s1. The van der Waals surface area contributed by atoms with Crippen molar-refractivity contribution in [3.63, 3.8) is 0 Å². The van der Waals surface area contributed by atoms with E-state index in [9.17, 15) is 4.79 Å². The minimum absolute atomic E-state index is 0.0857. The predicted molar refractivity (Wildman–Crippen MR) is 120 cm³/mol. The number of carbonyl (C=O) groups excluding carboxylic acids is 1. The highest BCUT2D eigenvalue weighted by Gasteiger charge is 2.35. The third-order valence-corrected chi connectivity index (χ3v) is 7.59. The van der Waals surface area contributed by atoms with Crippen molar-refractivity contribution in [2.75, 3.05) is 19.6 Å². The van der Waals surface area contributed by atoms with Crippen LogP contribution in [0.5, 0.6) is 0 Å². The zero-order valence-corrected chi connectivity index (χ0v) is 18.7. The summed E-state index contributed by atoms with van der Waals surface area (Å²) >= 11 is 1.70. The van der Waals surface area contributed by atoms with Gasteiger partial charge in [-0.2, -0.15) is 11.3 Å². The Kier molecular flexibility index (Phi) is 6.76. The Morgan fingerprint density at radius 2 is 1.97 bits per heavy atom. The van der Waals surface area contributed by atoms with Crippen molar-refractivity contribution in [2.45, 2.75) is 70.5 Å². The number of aromatic nitrogens is 1. The van der Waals surface area contributed by atoms with Gasteiger partial charge >= 0.3 is 0 Å². The third-order valence-electron chi connectivity index (χ3n) is 6.89. The molecule has 0 aromatic carbocycles. The molecule has 158 valence electrons. The molecule has 0 spiro atoms. The molecule has 0 N–H and O–H groups in total. The second-order valence-corrected chi connectivity index (χ2v) is 9.83. The molecule has 0 bridgehead atoms. The van der Waals surface area contributed by atoms with E-state index in [0.717, 1.165) is 6.54 Å². The molecule has 0 saturated carbocycles. The van der Waals surface area contributed by atoms with Gasteiger partial charge in [-0.3, -0.25) is 4.79 Å².